The van der Waals surface area contributed by atoms with Crippen molar-refractivity contribution in [2.45, 2.75) is 17.5 Å². The van der Waals surface area contributed by atoms with E-state index in [0.717, 1.165) is 12.3 Å². The Balaban J connectivity index is 1.84. The number of alkyl halides is 3. The van der Waals surface area contributed by atoms with E-state index in [1.54, 1.807) is 4.90 Å². The summed E-state index contributed by atoms with van der Waals surface area (Å²) < 4.78 is 76.7. The lowest BCUT2D eigenvalue weighted by Gasteiger charge is -2.35. The van der Waals surface area contributed by atoms with E-state index in [9.17, 15) is 26.4 Å². The number of aromatic nitrogens is 1. The molecule has 1 aliphatic heterocycles. The third-order valence-electron chi connectivity index (χ3n) is 5.30. The molecule has 3 rings (SSSR count). The van der Waals surface area contributed by atoms with Gasteiger partial charge in [-0.05, 0) is 23.8 Å². The molecule has 2 heterocycles. The molecule has 1 aromatic heterocycles. The number of amides is 1. The van der Waals surface area contributed by atoms with Crippen molar-refractivity contribution in [3.05, 3.63) is 41.6 Å². The van der Waals surface area contributed by atoms with E-state index in [2.05, 4.69) is 4.98 Å². The number of sulfonamides is 1. The predicted octanol–water partition coefficient (Wildman–Crippen LogP) is 1.68. The standard InChI is InChI=1S/C20H23F3N4O6S/c1-32-15-9-13(10-19(28)25-29)17(11-16(15)33-2)34(30,31)27-7-5-26(6-8-27)18-4-3-14(12-24-18)20(21,22)23/h3-4,9,11-12,29H,5-8,10H2,1-2H3,(H,25,28). The Hall–Kier alpha value is -3.10. The Morgan fingerprint density at radius 3 is 2.24 bits per heavy atom. The van der Waals surface area contributed by atoms with Crippen molar-refractivity contribution in [1.82, 2.24) is 14.8 Å². The molecule has 1 aliphatic rings. The van der Waals surface area contributed by atoms with Crippen LogP contribution in [0, 0.1) is 0 Å². The van der Waals surface area contributed by atoms with Crippen LogP contribution in [-0.4, -0.2) is 69.2 Å². The second-order valence-corrected chi connectivity index (χ2v) is 9.23. The van der Waals surface area contributed by atoms with Gasteiger partial charge in [0.1, 0.15) is 5.82 Å². The number of methoxy groups -OCH3 is 2. The highest BCUT2D eigenvalue weighted by Crippen LogP contribution is 2.35. The molecule has 0 atom stereocenters. The number of anilines is 1. The van der Waals surface area contributed by atoms with Gasteiger partial charge < -0.3 is 14.4 Å². The number of piperazine rings is 1. The van der Waals surface area contributed by atoms with Gasteiger partial charge in [-0.15, -0.1) is 0 Å². The highest BCUT2D eigenvalue weighted by Gasteiger charge is 2.33. The SMILES string of the molecule is COc1cc(CC(=O)NO)c(S(=O)(=O)N2CCN(c3ccc(C(F)(F)F)cn3)CC2)cc1OC. The van der Waals surface area contributed by atoms with Gasteiger partial charge in [0.25, 0.3) is 0 Å². The molecular weight excluding hydrogens is 481 g/mol. The maximum atomic E-state index is 13.4. The van der Waals surface area contributed by atoms with Gasteiger partial charge in [0.15, 0.2) is 11.5 Å². The fourth-order valence-corrected chi connectivity index (χ4v) is 5.17. The Labute approximate surface area is 193 Å². The van der Waals surface area contributed by atoms with E-state index in [4.69, 9.17) is 14.7 Å². The number of hydroxylamine groups is 1. The third kappa shape index (κ3) is 5.34. The van der Waals surface area contributed by atoms with Crippen molar-refractivity contribution < 1.29 is 41.1 Å². The van der Waals surface area contributed by atoms with Crippen LogP contribution in [0.5, 0.6) is 11.5 Å². The van der Waals surface area contributed by atoms with Gasteiger partial charge in [-0.2, -0.15) is 17.5 Å². The first kappa shape index (κ1) is 25.5. The van der Waals surface area contributed by atoms with Gasteiger partial charge in [-0.3, -0.25) is 10.0 Å². The predicted molar refractivity (Wildman–Crippen MR) is 113 cm³/mol. The molecule has 2 N–H and O–H groups in total. The van der Waals surface area contributed by atoms with Crippen molar-refractivity contribution >= 4 is 21.7 Å². The van der Waals surface area contributed by atoms with Crippen LogP contribution in [0.15, 0.2) is 35.4 Å². The Morgan fingerprint density at radius 1 is 1.12 bits per heavy atom. The lowest BCUT2D eigenvalue weighted by molar-refractivity contribution is -0.137. The Morgan fingerprint density at radius 2 is 1.74 bits per heavy atom. The number of hydrogen-bond acceptors (Lipinski definition) is 8. The smallest absolute Gasteiger partial charge is 0.417 e. The summed E-state index contributed by atoms with van der Waals surface area (Å²) >= 11 is 0. The summed E-state index contributed by atoms with van der Waals surface area (Å²) in [4.78, 5) is 17.1. The van der Waals surface area contributed by atoms with Crippen molar-refractivity contribution in [3.8, 4) is 11.5 Å². The molecular formula is C20H23F3N4O6S. The number of benzene rings is 1. The van der Waals surface area contributed by atoms with Gasteiger partial charge in [-0.1, -0.05) is 0 Å². The first-order valence-electron chi connectivity index (χ1n) is 9.97. The topological polar surface area (TPSA) is 121 Å². The summed E-state index contributed by atoms with van der Waals surface area (Å²) in [6, 6.07) is 4.77. The molecule has 0 radical (unpaired) electrons. The maximum absolute atomic E-state index is 13.4. The summed E-state index contributed by atoms with van der Waals surface area (Å²) in [6.45, 7) is 0.449. The fourth-order valence-electron chi connectivity index (χ4n) is 3.53. The van der Waals surface area contributed by atoms with Crippen LogP contribution in [0.1, 0.15) is 11.1 Å². The van der Waals surface area contributed by atoms with E-state index >= 15 is 0 Å². The molecule has 0 bridgehead atoms. The summed E-state index contributed by atoms with van der Waals surface area (Å²) in [7, 11) is -1.40. The van der Waals surface area contributed by atoms with E-state index in [1.165, 1.54) is 42.2 Å². The van der Waals surface area contributed by atoms with Crippen LogP contribution in [0.2, 0.25) is 0 Å². The lowest BCUT2D eigenvalue weighted by atomic mass is 10.1. The van der Waals surface area contributed by atoms with Crippen molar-refractivity contribution in [3.63, 3.8) is 0 Å². The molecule has 1 fully saturated rings. The van der Waals surface area contributed by atoms with Crippen LogP contribution in [0.4, 0.5) is 19.0 Å². The number of halogens is 3. The van der Waals surface area contributed by atoms with Crippen LogP contribution in [-0.2, 0) is 27.4 Å². The second kappa shape index (κ2) is 10.0. The molecule has 1 saturated heterocycles. The number of ether oxygens (including phenoxy) is 2. The highest BCUT2D eigenvalue weighted by molar-refractivity contribution is 7.89. The van der Waals surface area contributed by atoms with Crippen LogP contribution >= 0.6 is 0 Å². The molecule has 1 amide bonds. The zero-order valence-electron chi connectivity index (χ0n) is 18.3. The Bertz CT molecular complexity index is 1130. The quantitative estimate of drug-likeness (QED) is 0.432. The second-order valence-electron chi connectivity index (χ2n) is 7.32. The molecule has 2 aromatic rings. The molecule has 0 spiro atoms. The molecule has 186 valence electrons. The normalized spacial score (nSPS) is 15.2. The monoisotopic (exact) mass is 504 g/mol. The minimum atomic E-state index is -4.50. The van der Waals surface area contributed by atoms with Crippen molar-refractivity contribution in [2.75, 3.05) is 45.3 Å². The lowest BCUT2D eigenvalue weighted by Crippen LogP contribution is -2.49. The van der Waals surface area contributed by atoms with E-state index in [1.807, 2.05) is 0 Å². The molecule has 0 aliphatic carbocycles. The first-order valence-corrected chi connectivity index (χ1v) is 11.4. The average Bonchev–Trinajstić information content (AvgIpc) is 2.83. The summed E-state index contributed by atoms with van der Waals surface area (Å²) in [5.74, 6) is -0.166. The maximum Gasteiger partial charge on any atom is 0.417 e. The van der Waals surface area contributed by atoms with Crippen molar-refractivity contribution in [1.29, 1.82) is 0 Å². The number of carbonyl (C=O) groups is 1. The van der Waals surface area contributed by atoms with Gasteiger partial charge in [0, 0.05) is 38.4 Å². The number of pyridine rings is 1. The molecule has 0 saturated carbocycles. The Kier molecular flexibility index (Phi) is 7.53. The van der Waals surface area contributed by atoms with Crippen LogP contribution in [0.3, 0.4) is 0 Å². The number of carbonyl (C=O) groups excluding carboxylic acids is 1. The van der Waals surface area contributed by atoms with E-state index in [0.29, 0.717) is 5.82 Å². The molecule has 34 heavy (non-hydrogen) atoms. The first-order chi connectivity index (χ1) is 16.0. The fraction of sp³-hybridized carbons (Fsp3) is 0.400. The van der Waals surface area contributed by atoms with Crippen LogP contribution in [0.25, 0.3) is 0 Å². The zero-order chi connectivity index (χ0) is 25.1. The number of nitrogens with zero attached hydrogens (tertiary/aromatic N) is 3. The van der Waals surface area contributed by atoms with Gasteiger partial charge in [0.05, 0.1) is 31.1 Å². The molecule has 14 heteroatoms. The van der Waals surface area contributed by atoms with Gasteiger partial charge >= 0.3 is 6.18 Å². The summed E-state index contributed by atoms with van der Waals surface area (Å²) in [6.07, 6.45) is -4.19. The highest BCUT2D eigenvalue weighted by atomic mass is 32.2. The van der Waals surface area contributed by atoms with Crippen LogP contribution < -0.4 is 19.9 Å². The molecule has 0 unspecified atom stereocenters. The number of hydrogen-bond donors (Lipinski definition) is 2. The number of nitrogens with one attached hydrogen (secondary N) is 1. The van der Waals surface area contributed by atoms with Crippen molar-refractivity contribution in [2.24, 2.45) is 0 Å². The minimum absolute atomic E-state index is 0.0328. The minimum Gasteiger partial charge on any atom is -0.493 e. The molecule has 1 aromatic carbocycles. The largest absolute Gasteiger partial charge is 0.493 e. The number of rotatable bonds is 7. The zero-order valence-corrected chi connectivity index (χ0v) is 19.1. The van der Waals surface area contributed by atoms with E-state index in [-0.39, 0.29) is 48.1 Å². The third-order valence-corrected chi connectivity index (χ3v) is 7.28. The van der Waals surface area contributed by atoms with Gasteiger partial charge in [-0.25, -0.2) is 18.9 Å². The van der Waals surface area contributed by atoms with Gasteiger partial charge in [0.2, 0.25) is 15.9 Å². The van der Waals surface area contributed by atoms with E-state index < -0.39 is 34.1 Å². The average molecular weight is 504 g/mol. The molecule has 10 nitrogen and oxygen atoms in total. The summed E-state index contributed by atoms with van der Waals surface area (Å²) in [5.41, 5.74) is 0.695. The summed E-state index contributed by atoms with van der Waals surface area (Å²) in [5, 5.41) is 8.88.